The molecule has 0 unspecified atom stereocenters. The number of halogens is 1. The second-order valence-electron chi connectivity index (χ2n) is 12.5. The Hall–Kier alpha value is -1.66. The van der Waals surface area contributed by atoms with Gasteiger partial charge in [0.15, 0.2) is 0 Å². The molecule has 1 spiro atoms. The van der Waals surface area contributed by atoms with E-state index in [1.54, 1.807) is 11.0 Å². The lowest BCUT2D eigenvalue weighted by atomic mass is 9.77. The Kier molecular flexibility index (Phi) is 7.02. The monoisotopic (exact) mass is 496 g/mol. The van der Waals surface area contributed by atoms with Crippen LogP contribution in [0.1, 0.15) is 77.6 Å². The van der Waals surface area contributed by atoms with Gasteiger partial charge in [0.2, 0.25) is 5.91 Å². The summed E-state index contributed by atoms with van der Waals surface area (Å²) in [4.78, 5) is 22.9. The molecule has 198 valence electrons. The number of hydrogen-bond donors (Lipinski definition) is 0. The van der Waals surface area contributed by atoms with Crippen molar-refractivity contribution in [3.05, 3.63) is 24.0 Å². The lowest BCUT2D eigenvalue weighted by molar-refractivity contribution is -0.128. The minimum atomic E-state index is -0.272. The topological polar surface area (TPSA) is 30.0 Å². The average molecular weight is 497 g/mol. The molecule has 6 heteroatoms. The minimum absolute atomic E-state index is 0.162. The summed E-state index contributed by atoms with van der Waals surface area (Å²) in [6, 6.07) is 6.96. The number of nitrogens with zero attached hydrogens (tertiary/aromatic N) is 4. The molecule has 5 aliphatic rings. The van der Waals surface area contributed by atoms with Crippen LogP contribution in [0.3, 0.4) is 0 Å². The van der Waals surface area contributed by atoms with Crippen LogP contribution in [-0.4, -0.2) is 73.6 Å². The van der Waals surface area contributed by atoms with Gasteiger partial charge in [0.25, 0.3) is 0 Å². The maximum atomic E-state index is 15.4. The van der Waals surface area contributed by atoms with Crippen molar-refractivity contribution in [1.82, 2.24) is 9.80 Å². The van der Waals surface area contributed by atoms with E-state index in [1.807, 2.05) is 12.1 Å². The summed E-state index contributed by atoms with van der Waals surface area (Å²) in [5.41, 5.74) is 1.17. The molecule has 1 amide bonds. The molecule has 1 aliphatic carbocycles. The number of rotatable bonds is 5. The molecule has 0 bridgehead atoms. The maximum absolute atomic E-state index is 15.4. The van der Waals surface area contributed by atoms with Gasteiger partial charge in [-0.25, -0.2) is 4.39 Å². The lowest BCUT2D eigenvalue weighted by Crippen LogP contribution is -2.46. The van der Waals surface area contributed by atoms with Crippen LogP contribution in [0.5, 0.6) is 0 Å². The van der Waals surface area contributed by atoms with Gasteiger partial charge in [-0.2, -0.15) is 0 Å². The van der Waals surface area contributed by atoms with Crippen LogP contribution < -0.4 is 9.80 Å². The smallest absolute Gasteiger partial charge is 0.233 e. The minimum Gasteiger partial charge on any atom is -0.371 e. The second-order valence-corrected chi connectivity index (χ2v) is 12.5. The van der Waals surface area contributed by atoms with Gasteiger partial charge >= 0.3 is 0 Å². The van der Waals surface area contributed by atoms with E-state index in [1.165, 1.54) is 51.6 Å². The normalized spacial score (nSPS) is 28.7. The Labute approximate surface area is 217 Å². The molecule has 1 atom stereocenters. The van der Waals surface area contributed by atoms with Crippen molar-refractivity contribution in [2.45, 2.75) is 89.6 Å². The Bertz CT molecular complexity index is 931. The third kappa shape index (κ3) is 4.69. The molecule has 0 aromatic heterocycles. The highest BCUT2D eigenvalue weighted by Gasteiger charge is 2.49. The number of benzene rings is 1. The summed E-state index contributed by atoms with van der Waals surface area (Å²) < 4.78 is 15.4. The summed E-state index contributed by atoms with van der Waals surface area (Å²) in [5, 5.41) is 0. The van der Waals surface area contributed by atoms with Gasteiger partial charge in [-0.05, 0) is 108 Å². The van der Waals surface area contributed by atoms with E-state index >= 15 is 4.39 Å². The van der Waals surface area contributed by atoms with Crippen LogP contribution in [-0.2, 0) is 4.79 Å². The van der Waals surface area contributed by atoms with E-state index in [0.717, 1.165) is 69.9 Å². The molecule has 0 radical (unpaired) electrons. The molecular weight excluding hydrogens is 451 g/mol. The van der Waals surface area contributed by atoms with Gasteiger partial charge in [-0.1, -0.05) is 12.8 Å². The largest absolute Gasteiger partial charge is 0.371 e. The predicted octanol–water partition coefficient (Wildman–Crippen LogP) is 5.29. The van der Waals surface area contributed by atoms with Gasteiger partial charge in [0.05, 0.1) is 11.1 Å². The molecule has 1 aromatic carbocycles. The predicted molar refractivity (Wildman–Crippen MR) is 144 cm³/mol. The Morgan fingerprint density at radius 3 is 2.28 bits per heavy atom. The maximum Gasteiger partial charge on any atom is 0.233 e. The highest BCUT2D eigenvalue weighted by molar-refractivity contribution is 6.00. The van der Waals surface area contributed by atoms with Crippen LogP contribution in [0.2, 0.25) is 0 Å². The Morgan fingerprint density at radius 2 is 1.61 bits per heavy atom. The molecule has 1 saturated carbocycles. The third-order valence-corrected chi connectivity index (χ3v) is 10.4. The number of hydrogen-bond acceptors (Lipinski definition) is 4. The van der Waals surface area contributed by atoms with Crippen LogP contribution in [0.25, 0.3) is 0 Å². The van der Waals surface area contributed by atoms with Crippen molar-refractivity contribution >= 4 is 17.3 Å². The molecule has 4 saturated heterocycles. The number of carbonyl (C=O) groups excluding carboxylic acids is 1. The van der Waals surface area contributed by atoms with Crippen molar-refractivity contribution in [3.8, 4) is 0 Å². The van der Waals surface area contributed by atoms with Crippen LogP contribution in [0.15, 0.2) is 18.2 Å². The van der Waals surface area contributed by atoms with Crippen molar-refractivity contribution in [2.24, 2.45) is 11.3 Å². The zero-order chi connectivity index (χ0) is 24.7. The molecule has 5 nitrogen and oxygen atoms in total. The molecular formula is C30H45FN4O. The highest BCUT2D eigenvalue weighted by Crippen LogP contribution is 2.44. The third-order valence-electron chi connectivity index (χ3n) is 10.4. The van der Waals surface area contributed by atoms with Crippen molar-refractivity contribution in [2.75, 3.05) is 55.6 Å². The zero-order valence-corrected chi connectivity index (χ0v) is 22.3. The van der Waals surface area contributed by atoms with Gasteiger partial charge in [-0.3, -0.25) is 9.69 Å². The first kappa shape index (κ1) is 24.7. The molecule has 0 N–H and O–H groups in total. The molecule has 5 fully saturated rings. The second kappa shape index (κ2) is 10.2. The van der Waals surface area contributed by atoms with Crippen LogP contribution in [0, 0.1) is 17.2 Å². The van der Waals surface area contributed by atoms with Gasteiger partial charge in [-0.15, -0.1) is 0 Å². The van der Waals surface area contributed by atoms with E-state index in [-0.39, 0.29) is 17.1 Å². The first-order valence-corrected chi connectivity index (χ1v) is 14.9. The van der Waals surface area contributed by atoms with E-state index in [9.17, 15) is 4.79 Å². The van der Waals surface area contributed by atoms with E-state index in [4.69, 9.17) is 0 Å². The zero-order valence-electron chi connectivity index (χ0n) is 22.3. The summed E-state index contributed by atoms with van der Waals surface area (Å²) in [5.74, 6) is 0.777. The number of piperidine rings is 2. The summed E-state index contributed by atoms with van der Waals surface area (Å²) in [6.07, 6.45) is 13.2. The van der Waals surface area contributed by atoms with Crippen molar-refractivity contribution in [1.29, 1.82) is 0 Å². The van der Waals surface area contributed by atoms with Crippen molar-refractivity contribution in [3.63, 3.8) is 0 Å². The first-order valence-electron chi connectivity index (χ1n) is 14.9. The summed E-state index contributed by atoms with van der Waals surface area (Å²) in [7, 11) is 0. The van der Waals surface area contributed by atoms with Crippen molar-refractivity contribution < 1.29 is 9.18 Å². The number of amides is 1. The summed E-state index contributed by atoms with van der Waals surface area (Å²) >= 11 is 0. The molecule has 6 rings (SSSR count). The number of likely N-dealkylation sites (tertiary alicyclic amines) is 2. The summed E-state index contributed by atoms with van der Waals surface area (Å²) in [6.45, 7) is 9.45. The Morgan fingerprint density at radius 1 is 0.889 bits per heavy atom. The SMILES string of the molecule is C[C@H]1CCCN1C1CCN(c2ccc(N3CCC4(CCN(CC5CCCC5)CC4)C3=O)c(F)c2)CC1. The Balaban J connectivity index is 1.06. The first-order chi connectivity index (χ1) is 17.5. The van der Waals surface area contributed by atoms with Crippen LogP contribution in [0.4, 0.5) is 15.8 Å². The lowest BCUT2D eigenvalue weighted by Gasteiger charge is -2.39. The van der Waals surface area contributed by atoms with E-state index in [0.29, 0.717) is 24.3 Å². The standard InChI is InChI=1S/C30H45FN4O/c1-23-5-4-15-34(23)25-10-16-33(17-11-25)26-8-9-28(27(31)21-26)35-20-14-30(29(35)36)12-18-32(19-13-30)22-24-6-2-3-7-24/h8-9,21,23-25H,2-7,10-20,22H2,1H3/t23-/m0/s1. The fourth-order valence-corrected chi connectivity index (χ4v) is 8.10. The van der Waals surface area contributed by atoms with E-state index in [2.05, 4.69) is 21.6 Å². The van der Waals surface area contributed by atoms with Gasteiger partial charge in [0.1, 0.15) is 5.82 Å². The highest BCUT2D eigenvalue weighted by atomic mass is 19.1. The average Bonchev–Trinajstić information content (AvgIpc) is 3.63. The molecule has 4 heterocycles. The van der Waals surface area contributed by atoms with Crippen LogP contribution >= 0.6 is 0 Å². The number of anilines is 2. The molecule has 1 aromatic rings. The van der Waals surface area contributed by atoms with E-state index < -0.39 is 0 Å². The fourth-order valence-electron chi connectivity index (χ4n) is 8.10. The molecule has 4 aliphatic heterocycles. The molecule has 36 heavy (non-hydrogen) atoms. The quantitative estimate of drug-likeness (QED) is 0.554. The van der Waals surface area contributed by atoms with Gasteiger partial charge in [0, 0.05) is 44.0 Å². The van der Waals surface area contributed by atoms with Gasteiger partial charge < -0.3 is 14.7 Å². The fraction of sp³-hybridized carbons (Fsp3) is 0.767. The number of carbonyl (C=O) groups is 1.